The molecule has 1 aromatic carbocycles. The molecule has 0 aliphatic carbocycles. The Balaban J connectivity index is 1.78. The van der Waals surface area contributed by atoms with E-state index < -0.39 is 0 Å². The molecule has 0 spiro atoms. The van der Waals surface area contributed by atoms with Crippen LogP contribution in [0.2, 0.25) is 0 Å². The lowest BCUT2D eigenvalue weighted by molar-refractivity contribution is 0.0495. The minimum atomic E-state index is -0.271. The summed E-state index contributed by atoms with van der Waals surface area (Å²) in [5, 5.41) is 5.57. The summed E-state index contributed by atoms with van der Waals surface area (Å²) in [7, 11) is 1.67. The number of methoxy groups -OCH3 is 1. The molecule has 0 saturated carbocycles. The Morgan fingerprint density at radius 1 is 1.21 bits per heavy atom. The van der Waals surface area contributed by atoms with Gasteiger partial charge in [0.25, 0.3) is 0 Å². The number of aromatic nitrogens is 2. The van der Waals surface area contributed by atoms with Crippen LogP contribution < -0.4 is 0 Å². The molecular weight excluding hydrogens is 324 g/mol. The predicted molar refractivity (Wildman–Crippen MR) is 95.1 cm³/mol. The van der Waals surface area contributed by atoms with Gasteiger partial charge in [0.05, 0.1) is 18.0 Å². The molecule has 2 aromatic heterocycles. The first kappa shape index (κ1) is 16.7. The van der Waals surface area contributed by atoms with Crippen molar-refractivity contribution in [2.45, 2.75) is 19.8 Å². The van der Waals surface area contributed by atoms with E-state index in [1.807, 2.05) is 48.0 Å². The first-order valence-corrected chi connectivity index (χ1v) is 8.73. The smallest absolute Gasteiger partial charge is 0.348 e. The normalized spacial score (nSPS) is 11.1. The fourth-order valence-corrected chi connectivity index (χ4v) is 3.55. The predicted octanol–water partition coefficient (Wildman–Crippen LogP) is 3.98. The Morgan fingerprint density at radius 3 is 2.71 bits per heavy atom. The maximum Gasteiger partial charge on any atom is 0.348 e. The molecule has 0 saturated heterocycles. The van der Waals surface area contributed by atoms with E-state index in [2.05, 4.69) is 5.10 Å². The molecule has 0 N–H and O–H groups in total. The van der Waals surface area contributed by atoms with E-state index in [4.69, 9.17) is 9.47 Å². The molecular formula is C18H20N2O3S. The molecule has 0 aliphatic heterocycles. The van der Waals surface area contributed by atoms with Gasteiger partial charge >= 0.3 is 5.97 Å². The second-order valence-electron chi connectivity index (χ2n) is 5.50. The molecule has 0 unspecified atom stereocenters. The highest BCUT2D eigenvalue weighted by atomic mass is 32.1. The number of thiophene rings is 1. The number of unbranched alkanes of at least 4 members (excludes halogenated alkanes) is 1. The fraction of sp³-hybridized carbons (Fsp3) is 0.333. The van der Waals surface area contributed by atoms with Crippen LogP contribution in [0.5, 0.6) is 0 Å². The van der Waals surface area contributed by atoms with Crippen LogP contribution in [-0.4, -0.2) is 36.1 Å². The number of fused-ring (bicyclic) bond motifs is 1. The number of ether oxygens (including phenoxy) is 2. The van der Waals surface area contributed by atoms with E-state index in [1.54, 1.807) is 7.11 Å². The Hall–Kier alpha value is -2.18. The van der Waals surface area contributed by atoms with Crippen molar-refractivity contribution in [1.82, 2.24) is 9.78 Å². The largest absolute Gasteiger partial charge is 0.462 e. The SMILES string of the molecule is COCCCCOC(=O)c1cc2c(C)nn(-c3ccccc3)c2s1. The van der Waals surface area contributed by atoms with Crippen molar-refractivity contribution >= 4 is 27.5 Å². The third-order valence-corrected chi connectivity index (χ3v) is 4.81. The number of carbonyl (C=O) groups excluding carboxylic acids is 1. The second-order valence-corrected chi connectivity index (χ2v) is 6.53. The number of aryl methyl sites for hydroxylation is 1. The average molecular weight is 344 g/mol. The zero-order valence-electron chi connectivity index (χ0n) is 13.8. The molecule has 0 radical (unpaired) electrons. The van der Waals surface area contributed by atoms with Gasteiger partial charge in [-0.3, -0.25) is 0 Å². The second kappa shape index (κ2) is 7.59. The standard InChI is InChI=1S/C18H20N2O3S/c1-13-15-12-16(18(21)23-11-7-6-10-22-2)24-17(15)20(19-13)14-8-4-3-5-9-14/h3-5,8-9,12H,6-7,10-11H2,1-2H3. The molecule has 126 valence electrons. The number of para-hydroxylation sites is 1. The molecule has 5 nitrogen and oxygen atoms in total. The number of esters is 1. The third-order valence-electron chi connectivity index (χ3n) is 3.72. The quantitative estimate of drug-likeness (QED) is 0.480. The summed E-state index contributed by atoms with van der Waals surface area (Å²) in [5.41, 5.74) is 1.89. The van der Waals surface area contributed by atoms with Gasteiger partial charge in [-0.2, -0.15) is 5.10 Å². The minimum absolute atomic E-state index is 0.271. The summed E-state index contributed by atoms with van der Waals surface area (Å²) in [6.45, 7) is 3.06. The number of benzene rings is 1. The molecule has 0 fully saturated rings. The Labute approximate surface area is 144 Å². The summed E-state index contributed by atoms with van der Waals surface area (Å²) in [6, 6.07) is 11.8. The van der Waals surface area contributed by atoms with E-state index in [1.165, 1.54) is 11.3 Å². The van der Waals surface area contributed by atoms with E-state index in [0.29, 0.717) is 18.1 Å². The van der Waals surface area contributed by atoms with Crippen LogP contribution in [0.1, 0.15) is 28.2 Å². The van der Waals surface area contributed by atoms with Gasteiger partial charge in [-0.15, -0.1) is 11.3 Å². The molecule has 0 atom stereocenters. The first-order chi connectivity index (χ1) is 11.7. The van der Waals surface area contributed by atoms with Crippen LogP contribution in [0, 0.1) is 6.92 Å². The molecule has 0 aliphatic rings. The van der Waals surface area contributed by atoms with Crippen molar-refractivity contribution in [1.29, 1.82) is 0 Å². The van der Waals surface area contributed by atoms with Gasteiger partial charge in [0, 0.05) is 19.1 Å². The van der Waals surface area contributed by atoms with Crippen LogP contribution in [0.25, 0.3) is 15.9 Å². The monoisotopic (exact) mass is 344 g/mol. The van der Waals surface area contributed by atoms with Crippen LogP contribution in [0.3, 0.4) is 0 Å². The molecule has 6 heteroatoms. The van der Waals surface area contributed by atoms with Crippen LogP contribution >= 0.6 is 11.3 Å². The topological polar surface area (TPSA) is 53.4 Å². The van der Waals surface area contributed by atoms with Gasteiger partial charge in [-0.25, -0.2) is 9.48 Å². The van der Waals surface area contributed by atoms with Crippen molar-refractivity contribution in [2.24, 2.45) is 0 Å². The summed E-state index contributed by atoms with van der Waals surface area (Å²) in [6.07, 6.45) is 1.69. The zero-order chi connectivity index (χ0) is 16.9. The highest BCUT2D eigenvalue weighted by Crippen LogP contribution is 2.30. The molecule has 3 aromatic rings. The van der Waals surface area contributed by atoms with Gasteiger partial charge in [0.1, 0.15) is 9.71 Å². The summed E-state index contributed by atoms with van der Waals surface area (Å²) < 4.78 is 12.2. The molecule has 0 amide bonds. The fourth-order valence-electron chi connectivity index (χ4n) is 2.48. The lowest BCUT2D eigenvalue weighted by Gasteiger charge is -2.03. The number of rotatable bonds is 7. The number of carbonyl (C=O) groups is 1. The lowest BCUT2D eigenvalue weighted by Crippen LogP contribution is -2.05. The lowest BCUT2D eigenvalue weighted by atomic mass is 10.3. The van der Waals surface area contributed by atoms with E-state index in [9.17, 15) is 4.79 Å². The Morgan fingerprint density at radius 2 is 1.96 bits per heavy atom. The van der Waals surface area contributed by atoms with Gasteiger partial charge in [0.2, 0.25) is 0 Å². The maximum atomic E-state index is 12.2. The van der Waals surface area contributed by atoms with Gasteiger partial charge in [0.15, 0.2) is 0 Å². The molecule has 24 heavy (non-hydrogen) atoms. The number of nitrogens with zero attached hydrogens (tertiary/aromatic N) is 2. The minimum Gasteiger partial charge on any atom is -0.462 e. The maximum absolute atomic E-state index is 12.2. The highest BCUT2D eigenvalue weighted by Gasteiger charge is 2.17. The van der Waals surface area contributed by atoms with E-state index in [0.717, 1.165) is 34.4 Å². The number of hydrogen-bond donors (Lipinski definition) is 0. The highest BCUT2D eigenvalue weighted by molar-refractivity contribution is 7.20. The van der Waals surface area contributed by atoms with Crippen molar-refractivity contribution in [3.05, 3.63) is 47.0 Å². The van der Waals surface area contributed by atoms with Crippen molar-refractivity contribution in [2.75, 3.05) is 20.3 Å². The average Bonchev–Trinajstić information content (AvgIpc) is 3.16. The van der Waals surface area contributed by atoms with Crippen molar-refractivity contribution < 1.29 is 14.3 Å². The summed E-state index contributed by atoms with van der Waals surface area (Å²) in [4.78, 5) is 13.8. The first-order valence-electron chi connectivity index (χ1n) is 7.91. The van der Waals surface area contributed by atoms with Crippen LogP contribution in [0.4, 0.5) is 0 Å². The molecule has 3 rings (SSSR count). The van der Waals surface area contributed by atoms with Gasteiger partial charge < -0.3 is 9.47 Å². The Kier molecular flexibility index (Phi) is 5.27. The summed E-state index contributed by atoms with van der Waals surface area (Å²) >= 11 is 1.42. The number of hydrogen-bond acceptors (Lipinski definition) is 5. The van der Waals surface area contributed by atoms with Gasteiger partial charge in [-0.1, -0.05) is 18.2 Å². The van der Waals surface area contributed by atoms with Crippen LogP contribution in [-0.2, 0) is 9.47 Å². The van der Waals surface area contributed by atoms with E-state index >= 15 is 0 Å². The van der Waals surface area contributed by atoms with Crippen LogP contribution in [0.15, 0.2) is 36.4 Å². The molecule has 2 heterocycles. The Bertz CT molecular complexity index is 824. The van der Waals surface area contributed by atoms with Crippen molar-refractivity contribution in [3.8, 4) is 5.69 Å². The third kappa shape index (κ3) is 3.49. The van der Waals surface area contributed by atoms with Crippen molar-refractivity contribution in [3.63, 3.8) is 0 Å². The molecule has 0 bridgehead atoms. The summed E-state index contributed by atoms with van der Waals surface area (Å²) in [5.74, 6) is -0.271. The van der Waals surface area contributed by atoms with E-state index in [-0.39, 0.29) is 5.97 Å². The zero-order valence-corrected chi connectivity index (χ0v) is 14.6. The van der Waals surface area contributed by atoms with Gasteiger partial charge in [-0.05, 0) is 38.0 Å².